The molecule has 1 atom stereocenters. The van der Waals surface area contributed by atoms with Gasteiger partial charge in [-0.3, -0.25) is 9.59 Å². The number of fused-ring (bicyclic) bond motifs is 1. The van der Waals surface area contributed by atoms with Crippen LogP contribution < -0.4 is 5.32 Å². The van der Waals surface area contributed by atoms with Gasteiger partial charge >= 0.3 is 5.97 Å². The van der Waals surface area contributed by atoms with Gasteiger partial charge < -0.3 is 14.8 Å². The topological polar surface area (TPSA) is 96.6 Å². The Morgan fingerprint density at radius 1 is 1.36 bits per heavy atom. The van der Waals surface area contributed by atoms with Crippen LogP contribution in [-0.4, -0.2) is 28.3 Å². The molecule has 0 radical (unpaired) electrons. The summed E-state index contributed by atoms with van der Waals surface area (Å²) < 4.78 is 5.55. The molecule has 0 saturated heterocycles. The molecule has 120 valence electrons. The molecule has 22 heavy (non-hydrogen) atoms. The fourth-order valence-corrected chi connectivity index (χ4v) is 2.90. The minimum absolute atomic E-state index is 0.0175. The summed E-state index contributed by atoms with van der Waals surface area (Å²) in [5, 5.41) is 11.9. The van der Waals surface area contributed by atoms with Gasteiger partial charge in [0, 0.05) is 18.4 Å². The Labute approximate surface area is 128 Å². The molecule has 1 unspecified atom stereocenters. The van der Waals surface area contributed by atoms with Crippen LogP contribution in [0.3, 0.4) is 0 Å². The lowest BCUT2D eigenvalue weighted by Gasteiger charge is -2.25. The Morgan fingerprint density at radius 2 is 2.05 bits per heavy atom. The van der Waals surface area contributed by atoms with Crippen LogP contribution in [0.25, 0.3) is 0 Å². The van der Waals surface area contributed by atoms with Crippen LogP contribution >= 0.6 is 0 Å². The molecule has 1 aliphatic carbocycles. The summed E-state index contributed by atoms with van der Waals surface area (Å²) >= 11 is 0. The Bertz CT molecular complexity index is 631. The van der Waals surface area contributed by atoms with Gasteiger partial charge in [-0.05, 0) is 26.7 Å². The number of aliphatic carboxylic acids is 1. The van der Waals surface area contributed by atoms with E-state index in [9.17, 15) is 19.5 Å². The molecule has 6 nitrogen and oxygen atoms in total. The Kier molecular flexibility index (Phi) is 4.39. The smallest absolute Gasteiger partial charge is 0.329 e. The molecule has 2 rings (SSSR count). The number of furan rings is 1. The molecular weight excluding hydrogens is 286 g/mol. The number of amides is 1. The minimum Gasteiger partial charge on any atom is -0.480 e. The van der Waals surface area contributed by atoms with Crippen molar-refractivity contribution >= 4 is 17.7 Å². The molecule has 0 aromatic carbocycles. The number of ketones is 1. The zero-order valence-electron chi connectivity index (χ0n) is 13.1. The first-order valence-corrected chi connectivity index (χ1v) is 7.51. The maximum absolute atomic E-state index is 12.4. The van der Waals surface area contributed by atoms with Gasteiger partial charge in [-0.15, -0.1) is 0 Å². The van der Waals surface area contributed by atoms with Crippen LogP contribution in [0.4, 0.5) is 0 Å². The third-order valence-electron chi connectivity index (χ3n) is 4.12. The van der Waals surface area contributed by atoms with E-state index in [1.165, 1.54) is 6.92 Å². The summed E-state index contributed by atoms with van der Waals surface area (Å²) in [5.74, 6) is -1.11. The highest BCUT2D eigenvalue weighted by atomic mass is 16.4. The van der Waals surface area contributed by atoms with Gasteiger partial charge in [-0.1, -0.05) is 13.3 Å². The SMILES string of the molecule is CCCC(C)(NC(=O)c1oc2c(c1C)C(=O)CCC2)C(=O)O. The zero-order valence-corrected chi connectivity index (χ0v) is 13.1. The number of carbonyl (C=O) groups is 3. The average molecular weight is 307 g/mol. The highest BCUT2D eigenvalue weighted by molar-refractivity contribution is 6.04. The number of Topliss-reactive ketones (excluding diaryl/α,β-unsaturated/α-hetero) is 1. The molecule has 0 fully saturated rings. The van der Waals surface area contributed by atoms with Gasteiger partial charge in [-0.2, -0.15) is 0 Å². The number of carboxylic acids is 1. The van der Waals surface area contributed by atoms with Gasteiger partial charge in [0.2, 0.25) is 0 Å². The highest BCUT2D eigenvalue weighted by Crippen LogP contribution is 2.29. The summed E-state index contributed by atoms with van der Waals surface area (Å²) in [7, 11) is 0. The van der Waals surface area contributed by atoms with E-state index in [1.807, 2.05) is 6.92 Å². The van der Waals surface area contributed by atoms with Crippen LogP contribution in [0.5, 0.6) is 0 Å². The molecule has 0 aliphatic heterocycles. The van der Waals surface area contributed by atoms with E-state index in [0.29, 0.717) is 49.0 Å². The van der Waals surface area contributed by atoms with Gasteiger partial charge in [0.1, 0.15) is 11.3 Å². The van der Waals surface area contributed by atoms with E-state index in [4.69, 9.17) is 4.42 Å². The van der Waals surface area contributed by atoms with Crippen LogP contribution in [0.1, 0.15) is 71.8 Å². The summed E-state index contributed by atoms with van der Waals surface area (Å²) in [5.41, 5.74) is -0.361. The fraction of sp³-hybridized carbons (Fsp3) is 0.562. The van der Waals surface area contributed by atoms with Crippen molar-refractivity contribution in [3.05, 3.63) is 22.6 Å². The Balaban J connectivity index is 2.31. The molecule has 0 bridgehead atoms. The van der Waals surface area contributed by atoms with Crippen LogP contribution in [0.2, 0.25) is 0 Å². The first-order valence-electron chi connectivity index (χ1n) is 7.51. The van der Waals surface area contributed by atoms with Crippen molar-refractivity contribution in [2.45, 2.75) is 58.4 Å². The van der Waals surface area contributed by atoms with Crippen molar-refractivity contribution in [2.24, 2.45) is 0 Å². The maximum Gasteiger partial charge on any atom is 0.329 e. The van der Waals surface area contributed by atoms with E-state index >= 15 is 0 Å². The Hall–Kier alpha value is -2.11. The van der Waals surface area contributed by atoms with E-state index in [1.54, 1.807) is 6.92 Å². The van der Waals surface area contributed by atoms with Crippen molar-refractivity contribution in [3.8, 4) is 0 Å². The van der Waals surface area contributed by atoms with Crippen molar-refractivity contribution in [1.29, 1.82) is 0 Å². The number of carbonyl (C=O) groups excluding carboxylic acids is 2. The highest BCUT2D eigenvalue weighted by Gasteiger charge is 2.36. The monoisotopic (exact) mass is 307 g/mol. The maximum atomic E-state index is 12.4. The second-order valence-corrected chi connectivity index (χ2v) is 5.97. The fourth-order valence-electron chi connectivity index (χ4n) is 2.90. The van der Waals surface area contributed by atoms with Gasteiger partial charge in [0.05, 0.1) is 5.56 Å². The molecule has 0 spiro atoms. The number of hydrogen-bond acceptors (Lipinski definition) is 4. The number of nitrogens with one attached hydrogen (secondary N) is 1. The predicted octanol–water partition coefficient (Wildman–Crippen LogP) is 2.48. The predicted molar refractivity (Wildman–Crippen MR) is 79.1 cm³/mol. The van der Waals surface area contributed by atoms with Crippen LogP contribution in [0.15, 0.2) is 4.42 Å². The third kappa shape index (κ3) is 2.77. The van der Waals surface area contributed by atoms with E-state index in [0.717, 1.165) is 0 Å². The summed E-state index contributed by atoms with van der Waals surface area (Å²) in [6.45, 7) is 4.99. The van der Waals surface area contributed by atoms with Crippen molar-refractivity contribution in [1.82, 2.24) is 5.32 Å². The lowest BCUT2D eigenvalue weighted by Crippen LogP contribution is -2.52. The molecule has 2 N–H and O–H groups in total. The zero-order chi connectivity index (χ0) is 16.5. The normalized spacial score (nSPS) is 16.8. The number of rotatable bonds is 5. The molecule has 1 aromatic heterocycles. The van der Waals surface area contributed by atoms with Crippen molar-refractivity contribution < 1.29 is 23.9 Å². The van der Waals surface area contributed by atoms with Gasteiger partial charge in [0.25, 0.3) is 5.91 Å². The standard InChI is InChI=1S/C16H21NO5/c1-4-8-16(3,15(20)21)17-14(19)13-9(2)12-10(18)6-5-7-11(12)22-13/h4-8H2,1-3H3,(H,17,19)(H,20,21). The van der Waals surface area contributed by atoms with E-state index in [-0.39, 0.29) is 11.5 Å². The van der Waals surface area contributed by atoms with Gasteiger partial charge in [-0.25, -0.2) is 4.79 Å². The number of hydrogen-bond donors (Lipinski definition) is 2. The first kappa shape index (κ1) is 16.3. The molecule has 1 aromatic rings. The summed E-state index contributed by atoms with van der Waals surface area (Å²) in [6.07, 6.45) is 2.72. The molecular formula is C16H21NO5. The van der Waals surface area contributed by atoms with Crippen molar-refractivity contribution in [2.75, 3.05) is 0 Å². The lowest BCUT2D eigenvalue weighted by molar-refractivity contribution is -0.144. The van der Waals surface area contributed by atoms with Gasteiger partial charge in [0.15, 0.2) is 11.5 Å². The number of carboxylic acid groups (broad SMARTS) is 1. The second-order valence-electron chi connectivity index (χ2n) is 5.97. The number of aryl methyl sites for hydroxylation is 1. The van der Waals surface area contributed by atoms with Crippen LogP contribution in [0, 0.1) is 6.92 Å². The average Bonchev–Trinajstić information content (AvgIpc) is 2.77. The second kappa shape index (κ2) is 5.94. The van der Waals surface area contributed by atoms with E-state index in [2.05, 4.69) is 5.32 Å². The van der Waals surface area contributed by atoms with E-state index < -0.39 is 17.4 Å². The third-order valence-corrected chi connectivity index (χ3v) is 4.12. The largest absolute Gasteiger partial charge is 0.480 e. The molecule has 1 aliphatic rings. The first-order chi connectivity index (χ1) is 10.3. The minimum atomic E-state index is -1.35. The summed E-state index contributed by atoms with van der Waals surface area (Å²) in [6, 6.07) is 0. The Morgan fingerprint density at radius 3 is 2.59 bits per heavy atom. The van der Waals surface area contributed by atoms with Crippen LogP contribution in [-0.2, 0) is 11.2 Å². The summed E-state index contributed by atoms with van der Waals surface area (Å²) in [4.78, 5) is 35.8. The quantitative estimate of drug-likeness (QED) is 0.871. The lowest BCUT2D eigenvalue weighted by atomic mass is 9.93. The molecule has 0 saturated carbocycles. The molecule has 1 heterocycles. The molecule has 6 heteroatoms. The molecule has 1 amide bonds. The van der Waals surface area contributed by atoms with Crippen molar-refractivity contribution in [3.63, 3.8) is 0 Å².